The largest absolute Gasteiger partial charge is 0.294 e. The third-order valence-electron chi connectivity index (χ3n) is 3.23. The van der Waals surface area contributed by atoms with Gasteiger partial charge in [-0.3, -0.25) is 4.79 Å². The second kappa shape index (κ2) is 4.70. The van der Waals surface area contributed by atoms with Crippen LogP contribution in [-0.4, -0.2) is 5.78 Å². The van der Waals surface area contributed by atoms with E-state index in [2.05, 4.69) is 15.9 Å². The molecule has 16 heavy (non-hydrogen) atoms. The summed E-state index contributed by atoms with van der Waals surface area (Å²) in [4.78, 5) is 12.0. The summed E-state index contributed by atoms with van der Waals surface area (Å²) in [5.74, 6) is 1.13. The number of hydrogen-bond donors (Lipinski definition) is 0. The lowest BCUT2D eigenvalue weighted by atomic mass is 10.0. The third kappa shape index (κ3) is 2.73. The van der Waals surface area contributed by atoms with Crippen LogP contribution in [0.1, 0.15) is 47.2 Å². The van der Waals surface area contributed by atoms with Crippen LogP contribution in [0.2, 0.25) is 0 Å². The molecule has 0 heterocycles. The minimum atomic E-state index is 0.297. The normalized spacial score (nSPS) is 15.2. The van der Waals surface area contributed by atoms with Crippen LogP contribution in [-0.2, 0) is 0 Å². The van der Waals surface area contributed by atoms with Gasteiger partial charge in [0.25, 0.3) is 0 Å². The molecule has 1 aromatic carbocycles. The van der Waals surface area contributed by atoms with Crippen LogP contribution in [0.3, 0.4) is 0 Å². The molecule has 1 aromatic rings. The second-order valence-electron chi connectivity index (χ2n) is 4.83. The Hall–Kier alpha value is -0.630. The summed E-state index contributed by atoms with van der Waals surface area (Å²) in [6.45, 7) is 4.07. The molecule has 0 saturated heterocycles. The van der Waals surface area contributed by atoms with Gasteiger partial charge in [-0.25, -0.2) is 0 Å². The molecule has 1 aliphatic rings. The van der Waals surface area contributed by atoms with Crippen molar-refractivity contribution >= 4 is 21.7 Å². The van der Waals surface area contributed by atoms with E-state index in [1.807, 2.05) is 26.0 Å². The Morgan fingerprint density at radius 2 is 1.88 bits per heavy atom. The Morgan fingerprint density at radius 3 is 2.38 bits per heavy atom. The molecule has 0 bridgehead atoms. The highest BCUT2D eigenvalue weighted by molar-refractivity contribution is 9.10. The van der Waals surface area contributed by atoms with E-state index in [1.165, 1.54) is 12.8 Å². The average Bonchev–Trinajstić information content (AvgIpc) is 3.05. The fourth-order valence-electron chi connectivity index (χ4n) is 1.99. The monoisotopic (exact) mass is 280 g/mol. The van der Waals surface area contributed by atoms with E-state index in [9.17, 15) is 4.79 Å². The Bertz CT molecular complexity index is 396. The van der Waals surface area contributed by atoms with Crippen molar-refractivity contribution in [3.05, 3.63) is 33.3 Å². The summed E-state index contributed by atoms with van der Waals surface area (Å²) in [5.41, 5.74) is 3.17. The van der Waals surface area contributed by atoms with Crippen LogP contribution in [0.25, 0.3) is 0 Å². The zero-order valence-electron chi connectivity index (χ0n) is 9.85. The molecule has 1 nitrogen and oxygen atoms in total. The van der Waals surface area contributed by atoms with Crippen LogP contribution in [0.4, 0.5) is 0 Å². The highest BCUT2D eigenvalue weighted by Crippen LogP contribution is 2.34. The molecule has 1 aliphatic carbocycles. The van der Waals surface area contributed by atoms with Gasteiger partial charge in [0.05, 0.1) is 0 Å². The van der Waals surface area contributed by atoms with Gasteiger partial charge in [0.2, 0.25) is 0 Å². The molecule has 1 saturated carbocycles. The number of ketones is 1. The average molecular weight is 281 g/mol. The molecule has 0 amide bonds. The third-order valence-corrected chi connectivity index (χ3v) is 4.49. The van der Waals surface area contributed by atoms with Crippen molar-refractivity contribution in [1.82, 2.24) is 0 Å². The topological polar surface area (TPSA) is 17.1 Å². The Kier molecular flexibility index (Phi) is 3.48. The summed E-state index contributed by atoms with van der Waals surface area (Å²) >= 11 is 3.52. The minimum absolute atomic E-state index is 0.297. The Morgan fingerprint density at radius 1 is 1.31 bits per heavy atom. The van der Waals surface area contributed by atoms with Gasteiger partial charge in [-0.2, -0.15) is 0 Å². The van der Waals surface area contributed by atoms with E-state index >= 15 is 0 Å². The van der Waals surface area contributed by atoms with Crippen LogP contribution in [0, 0.1) is 19.8 Å². The molecule has 0 spiro atoms. The summed E-state index contributed by atoms with van der Waals surface area (Å²) < 4.78 is 1.12. The number of Topliss-reactive ketones (excluding diaryl/α,β-unsaturated/α-hetero) is 1. The first kappa shape index (κ1) is 11.8. The van der Waals surface area contributed by atoms with Crippen molar-refractivity contribution in [3.63, 3.8) is 0 Å². The van der Waals surface area contributed by atoms with Gasteiger partial charge in [-0.15, -0.1) is 0 Å². The van der Waals surface area contributed by atoms with Crippen molar-refractivity contribution in [2.45, 2.75) is 39.5 Å². The van der Waals surface area contributed by atoms with E-state index in [1.54, 1.807) is 0 Å². The highest BCUT2D eigenvalue weighted by Gasteiger charge is 2.22. The first-order valence-corrected chi connectivity index (χ1v) is 6.67. The van der Waals surface area contributed by atoms with Gasteiger partial charge in [-0.05, 0) is 49.4 Å². The van der Waals surface area contributed by atoms with E-state index in [0.29, 0.717) is 12.2 Å². The number of aryl methyl sites for hydroxylation is 2. The Balaban J connectivity index is 2.09. The van der Waals surface area contributed by atoms with Crippen LogP contribution < -0.4 is 0 Å². The first-order chi connectivity index (χ1) is 7.58. The summed E-state index contributed by atoms with van der Waals surface area (Å²) in [7, 11) is 0. The summed E-state index contributed by atoms with van der Waals surface area (Å²) in [5, 5.41) is 0. The van der Waals surface area contributed by atoms with Gasteiger partial charge in [0.1, 0.15) is 0 Å². The van der Waals surface area contributed by atoms with Crippen LogP contribution >= 0.6 is 15.9 Å². The fraction of sp³-hybridized carbons (Fsp3) is 0.500. The zero-order valence-corrected chi connectivity index (χ0v) is 11.4. The van der Waals surface area contributed by atoms with Gasteiger partial charge in [0, 0.05) is 16.5 Å². The molecule has 1 fully saturated rings. The lowest BCUT2D eigenvalue weighted by Crippen LogP contribution is -2.01. The van der Waals surface area contributed by atoms with Gasteiger partial charge in [-0.1, -0.05) is 28.8 Å². The standard InChI is InChI=1S/C14H17BrO/c1-9-7-12(8-10(2)14(9)15)13(16)6-5-11-3-4-11/h7-8,11H,3-6H2,1-2H3. The van der Waals surface area contributed by atoms with Crippen molar-refractivity contribution in [2.24, 2.45) is 5.92 Å². The molecule has 2 rings (SSSR count). The van der Waals surface area contributed by atoms with Crippen molar-refractivity contribution in [1.29, 1.82) is 0 Å². The minimum Gasteiger partial charge on any atom is -0.294 e. The van der Waals surface area contributed by atoms with Crippen LogP contribution in [0.5, 0.6) is 0 Å². The van der Waals surface area contributed by atoms with E-state index in [-0.39, 0.29) is 0 Å². The molecule has 0 radical (unpaired) electrons. The zero-order chi connectivity index (χ0) is 11.7. The molecule has 86 valence electrons. The number of halogens is 1. The highest BCUT2D eigenvalue weighted by atomic mass is 79.9. The van der Waals surface area contributed by atoms with E-state index in [4.69, 9.17) is 0 Å². The maximum atomic E-state index is 12.0. The van der Waals surface area contributed by atoms with Gasteiger partial charge >= 0.3 is 0 Å². The predicted molar refractivity (Wildman–Crippen MR) is 69.9 cm³/mol. The number of rotatable bonds is 4. The summed E-state index contributed by atoms with van der Waals surface area (Å²) in [6, 6.07) is 3.98. The molecule has 0 atom stereocenters. The number of benzene rings is 1. The van der Waals surface area contributed by atoms with Crippen molar-refractivity contribution < 1.29 is 4.79 Å². The molecule has 0 aliphatic heterocycles. The molecule has 0 N–H and O–H groups in total. The quantitative estimate of drug-likeness (QED) is 0.746. The van der Waals surface area contributed by atoms with Crippen LogP contribution in [0.15, 0.2) is 16.6 Å². The van der Waals surface area contributed by atoms with E-state index in [0.717, 1.165) is 33.5 Å². The SMILES string of the molecule is Cc1cc(C(=O)CCC2CC2)cc(C)c1Br. The lowest BCUT2D eigenvalue weighted by molar-refractivity contribution is 0.0978. The van der Waals surface area contributed by atoms with E-state index < -0.39 is 0 Å². The number of carbonyl (C=O) groups is 1. The summed E-state index contributed by atoms with van der Waals surface area (Å²) in [6.07, 6.45) is 4.44. The van der Waals surface area contributed by atoms with Crippen molar-refractivity contribution in [3.8, 4) is 0 Å². The van der Waals surface area contributed by atoms with Crippen molar-refractivity contribution in [2.75, 3.05) is 0 Å². The fourth-order valence-corrected chi connectivity index (χ4v) is 2.22. The van der Waals surface area contributed by atoms with Gasteiger partial charge in [0.15, 0.2) is 5.78 Å². The van der Waals surface area contributed by atoms with Gasteiger partial charge < -0.3 is 0 Å². The molecular weight excluding hydrogens is 264 g/mol. The molecular formula is C14H17BrO. The first-order valence-electron chi connectivity index (χ1n) is 5.88. The Labute approximate surface area is 105 Å². The molecule has 0 unspecified atom stereocenters. The number of hydrogen-bond acceptors (Lipinski definition) is 1. The lowest BCUT2D eigenvalue weighted by Gasteiger charge is -2.07. The predicted octanol–water partition coefficient (Wildman–Crippen LogP) is 4.44. The maximum absolute atomic E-state index is 12.0. The second-order valence-corrected chi connectivity index (χ2v) is 5.62. The number of carbonyl (C=O) groups excluding carboxylic acids is 1. The smallest absolute Gasteiger partial charge is 0.162 e. The molecule has 2 heteroatoms. The molecule has 0 aromatic heterocycles. The maximum Gasteiger partial charge on any atom is 0.162 e.